The number of para-hydroxylation sites is 2. The van der Waals surface area contributed by atoms with Crippen LogP contribution in [0.3, 0.4) is 0 Å². The molecule has 0 fully saturated rings. The van der Waals surface area contributed by atoms with Crippen molar-refractivity contribution in [2.75, 3.05) is 0 Å². The fourth-order valence-electron chi connectivity index (χ4n) is 8.46. The van der Waals surface area contributed by atoms with Gasteiger partial charge >= 0.3 is 0 Å². The summed E-state index contributed by atoms with van der Waals surface area (Å²) in [6.07, 6.45) is 3.67. The summed E-state index contributed by atoms with van der Waals surface area (Å²) in [5, 5.41) is 10.9. The van der Waals surface area contributed by atoms with Crippen LogP contribution in [0, 0.1) is 0 Å². The summed E-state index contributed by atoms with van der Waals surface area (Å²) in [4.78, 5) is 26.1. The van der Waals surface area contributed by atoms with E-state index in [2.05, 4.69) is 149 Å². The van der Waals surface area contributed by atoms with Crippen LogP contribution in [0.5, 0.6) is 0 Å². The fraction of sp³-hybridized carbons (Fsp3) is 0. The molecule has 0 unspecified atom stereocenters. The molecule has 12 rings (SSSR count). The van der Waals surface area contributed by atoms with Crippen molar-refractivity contribution in [1.82, 2.24) is 34.1 Å². The summed E-state index contributed by atoms with van der Waals surface area (Å²) in [6.45, 7) is 0. The van der Waals surface area contributed by atoms with E-state index in [1.165, 1.54) is 10.8 Å². The second kappa shape index (κ2) is 11.0. The summed E-state index contributed by atoms with van der Waals surface area (Å²) in [7, 11) is 0. The molecule has 0 spiro atoms. The van der Waals surface area contributed by atoms with E-state index in [4.69, 9.17) is 24.9 Å². The highest BCUT2D eigenvalue weighted by molar-refractivity contribution is 6.17. The van der Waals surface area contributed by atoms with Gasteiger partial charge in [-0.1, -0.05) is 91.0 Å². The average molecular weight is 690 g/mol. The minimum absolute atomic E-state index is 0.540. The molecule has 0 N–H and O–H groups in total. The number of aromatic nitrogens is 7. The molecule has 0 aliphatic rings. The number of fused-ring (bicyclic) bond motifs is 12. The molecule has 6 aromatic heterocycles. The Morgan fingerprint density at radius 3 is 1.72 bits per heavy atom. The Morgan fingerprint density at radius 2 is 0.963 bits per heavy atom. The molecule has 7 heteroatoms. The van der Waals surface area contributed by atoms with Crippen molar-refractivity contribution in [2.24, 2.45) is 0 Å². The third-order valence-electron chi connectivity index (χ3n) is 10.8. The molecule has 0 bridgehead atoms. The van der Waals surface area contributed by atoms with Gasteiger partial charge in [-0.05, 0) is 82.2 Å². The van der Waals surface area contributed by atoms with Gasteiger partial charge in [0.1, 0.15) is 22.6 Å². The lowest BCUT2D eigenvalue weighted by atomic mass is 9.94. The van der Waals surface area contributed by atoms with Crippen LogP contribution in [0.2, 0.25) is 0 Å². The normalized spacial score (nSPS) is 12.1. The van der Waals surface area contributed by atoms with Crippen molar-refractivity contribution in [2.45, 2.75) is 0 Å². The van der Waals surface area contributed by atoms with E-state index in [1.54, 1.807) is 0 Å². The van der Waals surface area contributed by atoms with Crippen molar-refractivity contribution >= 4 is 87.2 Å². The maximum Gasteiger partial charge on any atom is 0.237 e. The van der Waals surface area contributed by atoms with Gasteiger partial charge in [0.2, 0.25) is 5.95 Å². The van der Waals surface area contributed by atoms with Crippen LogP contribution >= 0.6 is 0 Å². The van der Waals surface area contributed by atoms with Crippen LogP contribution in [0.25, 0.3) is 110 Å². The number of hydrogen-bond donors (Lipinski definition) is 0. The first-order chi connectivity index (χ1) is 26.8. The van der Waals surface area contributed by atoms with Gasteiger partial charge in [0.05, 0.1) is 22.2 Å². The molecule has 12 aromatic rings. The molecule has 6 heterocycles. The predicted molar refractivity (Wildman–Crippen MR) is 220 cm³/mol. The molecule has 250 valence electrons. The molecular weight excluding hydrogens is 663 g/mol. The largest absolute Gasteiger partial charge is 0.278 e. The molecular formula is C47H27N7. The highest BCUT2D eigenvalue weighted by atomic mass is 15.2. The standard InChI is InChI=1S/C47H27N7/c1-2-12-30-29(11-1)27-38(32-14-4-3-13-31(30)32)43-37-23-21-28-22-24-41(53-39-19-7-5-15-33(39)35-17-9-25-48-45(35)53)50-42(28)44(37)52-47(51-43)54-40-20-8-6-16-34(40)36-18-10-26-49-46(36)54/h1-27H. The Kier molecular flexibility index (Phi) is 5.93. The van der Waals surface area contributed by atoms with E-state index in [0.717, 1.165) is 93.5 Å². The first-order valence-electron chi connectivity index (χ1n) is 18.0. The Labute approximate surface area is 307 Å². The van der Waals surface area contributed by atoms with Gasteiger partial charge in [0, 0.05) is 50.3 Å². The van der Waals surface area contributed by atoms with E-state index >= 15 is 0 Å². The predicted octanol–water partition coefficient (Wildman–Crippen LogP) is 11.1. The monoisotopic (exact) mass is 689 g/mol. The van der Waals surface area contributed by atoms with E-state index in [9.17, 15) is 0 Å². The highest BCUT2D eigenvalue weighted by Gasteiger charge is 2.22. The van der Waals surface area contributed by atoms with Crippen molar-refractivity contribution in [3.05, 3.63) is 164 Å². The molecule has 0 atom stereocenters. The van der Waals surface area contributed by atoms with Gasteiger partial charge in [-0.3, -0.25) is 9.13 Å². The Hall–Kier alpha value is -7.51. The molecule has 0 aliphatic carbocycles. The van der Waals surface area contributed by atoms with Gasteiger partial charge in [-0.15, -0.1) is 0 Å². The lowest BCUT2D eigenvalue weighted by Crippen LogP contribution is -2.05. The Morgan fingerprint density at radius 1 is 0.370 bits per heavy atom. The Balaban J connectivity index is 1.24. The van der Waals surface area contributed by atoms with Crippen LogP contribution in [-0.2, 0) is 0 Å². The lowest BCUT2D eigenvalue weighted by Gasteiger charge is -2.16. The lowest BCUT2D eigenvalue weighted by molar-refractivity contribution is 0.998. The number of nitrogens with zero attached hydrogens (tertiary/aromatic N) is 7. The maximum absolute atomic E-state index is 5.50. The van der Waals surface area contributed by atoms with Crippen LogP contribution in [0.15, 0.2) is 164 Å². The molecule has 0 saturated heterocycles. The number of rotatable bonds is 3. The molecule has 0 amide bonds. The van der Waals surface area contributed by atoms with E-state index < -0.39 is 0 Å². The number of pyridine rings is 3. The average Bonchev–Trinajstić information content (AvgIpc) is 3.76. The molecule has 54 heavy (non-hydrogen) atoms. The van der Waals surface area contributed by atoms with Gasteiger partial charge in [0.15, 0.2) is 0 Å². The van der Waals surface area contributed by atoms with Crippen LogP contribution in [0.4, 0.5) is 0 Å². The minimum Gasteiger partial charge on any atom is -0.278 e. The zero-order valence-electron chi connectivity index (χ0n) is 28.7. The van der Waals surface area contributed by atoms with Gasteiger partial charge in [-0.25, -0.2) is 24.9 Å². The van der Waals surface area contributed by atoms with Crippen LogP contribution < -0.4 is 0 Å². The van der Waals surface area contributed by atoms with Crippen molar-refractivity contribution in [1.29, 1.82) is 0 Å². The van der Waals surface area contributed by atoms with E-state index in [0.29, 0.717) is 5.95 Å². The van der Waals surface area contributed by atoms with E-state index in [1.807, 2.05) is 24.5 Å². The Bertz CT molecular complexity index is 3420. The van der Waals surface area contributed by atoms with Crippen molar-refractivity contribution < 1.29 is 0 Å². The second-order valence-corrected chi connectivity index (χ2v) is 13.7. The van der Waals surface area contributed by atoms with Gasteiger partial charge < -0.3 is 0 Å². The van der Waals surface area contributed by atoms with Crippen LogP contribution in [0.1, 0.15) is 0 Å². The number of benzene rings is 6. The van der Waals surface area contributed by atoms with Gasteiger partial charge in [-0.2, -0.15) is 0 Å². The molecule has 6 aromatic carbocycles. The van der Waals surface area contributed by atoms with Crippen LogP contribution in [-0.4, -0.2) is 34.1 Å². The van der Waals surface area contributed by atoms with Gasteiger partial charge in [0.25, 0.3) is 0 Å². The maximum atomic E-state index is 5.50. The molecule has 0 radical (unpaired) electrons. The van der Waals surface area contributed by atoms with Crippen molar-refractivity contribution in [3.63, 3.8) is 0 Å². The zero-order valence-corrected chi connectivity index (χ0v) is 28.7. The summed E-state index contributed by atoms with van der Waals surface area (Å²) in [6, 6.07) is 52.9. The summed E-state index contributed by atoms with van der Waals surface area (Å²) in [5.41, 5.74) is 7.13. The third-order valence-corrected chi connectivity index (χ3v) is 10.8. The van der Waals surface area contributed by atoms with E-state index in [-0.39, 0.29) is 0 Å². The second-order valence-electron chi connectivity index (χ2n) is 13.7. The topological polar surface area (TPSA) is 74.3 Å². The zero-order chi connectivity index (χ0) is 35.3. The number of hydrogen-bond acceptors (Lipinski definition) is 5. The summed E-state index contributed by atoms with van der Waals surface area (Å²) >= 11 is 0. The molecule has 0 aliphatic heterocycles. The summed E-state index contributed by atoms with van der Waals surface area (Å²) < 4.78 is 4.25. The summed E-state index contributed by atoms with van der Waals surface area (Å²) in [5.74, 6) is 1.31. The quantitative estimate of drug-likeness (QED) is 0.173. The fourth-order valence-corrected chi connectivity index (χ4v) is 8.46. The first-order valence-corrected chi connectivity index (χ1v) is 18.0. The SMILES string of the molecule is c1ccc2c(c1)cc(-c1nc(-n3c4ccccc4c4cccnc43)nc3c1ccc1ccc(-n4c5ccccc5c5cccnc54)nc13)c1ccccc12. The third kappa shape index (κ3) is 4.03. The van der Waals surface area contributed by atoms with Crippen molar-refractivity contribution in [3.8, 4) is 23.0 Å². The molecule has 7 nitrogen and oxygen atoms in total. The highest BCUT2D eigenvalue weighted by Crippen LogP contribution is 2.40. The minimum atomic E-state index is 0.540. The first kappa shape index (κ1) is 29.1. The smallest absolute Gasteiger partial charge is 0.237 e. The molecule has 0 saturated carbocycles.